The molecule has 2 aromatic rings. The summed E-state index contributed by atoms with van der Waals surface area (Å²) in [6.45, 7) is 3.24. The maximum absolute atomic E-state index is 15.8. The molecule has 4 N–H and O–H groups in total. The number of phosphoric ester groups is 1. The smallest absolute Gasteiger partial charge is 0.462 e. The number of halogens is 1. The Balaban J connectivity index is 1.55. The van der Waals surface area contributed by atoms with Crippen LogP contribution in [-0.2, 0) is 32.4 Å². The number of ether oxygens (including phenoxy) is 2. The molecule has 0 amide bonds. The SMILES string of the molecule is CC#C[C@]1(O)[C@H](n2ccc3c(N)ncnc32)O[C@]2(F)COP(=O)(OCNCC(=O)OC(C)C)O[C@@H]12. The van der Waals surface area contributed by atoms with Crippen LogP contribution < -0.4 is 11.1 Å². The molecule has 5 atom stereocenters. The van der Waals surface area contributed by atoms with E-state index < -0.39 is 50.9 Å². The number of phosphoric acid groups is 1. The lowest BCUT2D eigenvalue weighted by Gasteiger charge is -2.36. The van der Waals surface area contributed by atoms with Crippen LogP contribution in [0, 0.1) is 11.8 Å². The van der Waals surface area contributed by atoms with Crippen LogP contribution in [0.5, 0.6) is 0 Å². The molecule has 4 rings (SSSR count). The molecule has 13 nitrogen and oxygen atoms in total. The molecule has 0 saturated carbocycles. The van der Waals surface area contributed by atoms with E-state index >= 15 is 4.39 Å². The maximum Gasteiger partial charge on any atom is 0.476 e. The largest absolute Gasteiger partial charge is 0.476 e. The Kier molecular flexibility index (Phi) is 6.87. The van der Waals surface area contributed by atoms with Crippen LogP contribution in [0.4, 0.5) is 10.2 Å². The highest BCUT2D eigenvalue weighted by Gasteiger charge is 2.71. The second kappa shape index (κ2) is 9.44. The lowest BCUT2D eigenvalue weighted by Crippen LogP contribution is -2.53. The van der Waals surface area contributed by atoms with Gasteiger partial charge in [-0.25, -0.2) is 18.9 Å². The summed E-state index contributed by atoms with van der Waals surface area (Å²) in [7, 11) is -4.39. The Hall–Kier alpha value is -2.63. The van der Waals surface area contributed by atoms with Crippen LogP contribution in [0.2, 0.25) is 0 Å². The van der Waals surface area contributed by atoms with Gasteiger partial charge in [-0.15, -0.1) is 5.92 Å². The number of nitrogens with zero attached hydrogens (tertiary/aromatic N) is 3. The van der Waals surface area contributed by atoms with E-state index in [0.29, 0.717) is 5.39 Å². The maximum atomic E-state index is 15.8. The molecule has 2 aromatic heterocycles. The first kappa shape index (κ1) is 25.5. The van der Waals surface area contributed by atoms with Gasteiger partial charge in [-0.2, -0.15) is 0 Å². The van der Waals surface area contributed by atoms with Gasteiger partial charge in [0.1, 0.15) is 31.1 Å². The minimum Gasteiger partial charge on any atom is -0.462 e. The van der Waals surface area contributed by atoms with Crippen LogP contribution >= 0.6 is 7.82 Å². The molecule has 0 spiro atoms. The van der Waals surface area contributed by atoms with Gasteiger partial charge in [-0.05, 0) is 26.8 Å². The number of carbonyl (C=O) groups is 1. The fourth-order valence-electron chi connectivity index (χ4n) is 3.82. The molecule has 2 fully saturated rings. The molecule has 2 aliphatic rings. The average Bonchev–Trinajstić information content (AvgIpc) is 3.30. The van der Waals surface area contributed by atoms with Crippen LogP contribution in [0.25, 0.3) is 11.0 Å². The van der Waals surface area contributed by atoms with Crippen molar-refractivity contribution in [3.8, 4) is 11.8 Å². The number of anilines is 1. The number of rotatable bonds is 7. The lowest BCUT2D eigenvalue weighted by atomic mass is 9.93. The summed E-state index contributed by atoms with van der Waals surface area (Å²) in [5.41, 5.74) is 3.79. The van der Waals surface area contributed by atoms with Gasteiger partial charge in [0.25, 0.3) is 5.85 Å². The number of nitrogen functional groups attached to an aromatic ring is 1. The van der Waals surface area contributed by atoms with Crippen molar-refractivity contribution in [1.29, 1.82) is 0 Å². The molecule has 2 aliphatic heterocycles. The standard InChI is InChI=1S/C20H25FN5O8P/c1-4-6-19(28)17-20(21,33-18(19)26-7-5-13-15(22)24-10-25-16(13)26)9-30-35(29,34-17)31-11-23-8-14(27)32-12(2)3/h5,7,10,12,17-18,23,28H,8-9,11H2,1-3H3,(H2,22,24,25)/t17-,18+,19+,20+,35?/m0/s1. The van der Waals surface area contributed by atoms with E-state index in [1.54, 1.807) is 19.9 Å². The quantitative estimate of drug-likeness (QED) is 0.158. The highest BCUT2D eigenvalue weighted by atomic mass is 31.2. The number of alkyl halides is 1. The van der Waals surface area contributed by atoms with Gasteiger partial charge in [0.15, 0.2) is 12.3 Å². The number of nitrogens with two attached hydrogens (primary N) is 1. The molecule has 15 heteroatoms. The molecule has 1 unspecified atom stereocenters. The van der Waals surface area contributed by atoms with Gasteiger partial charge >= 0.3 is 13.8 Å². The van der Waals surface area contributed by atoms with Crippen molar-refractivity contribution in [2.24, 2.45) is 0 Å². The average molecular weight is 513 g/mol. The molecule has 190 valence electrons. The van der Waals surface area contributed by atoms with Gasteiger partial charge in [-0.3, -0.25) is 23.7 Å². The zero-order valence-corrected chi connectivity index (χ0v) is 20.0. The van der Waals surface area contributed by atoms with Crippen molar-refractivity contribution in [2.75, 3.05) is 25.6 Å². The van der Waals surface area contributed by atoms with Gasteiger partial charge in [-0.1, -0.05) is 5.92 Å². The van der Waals surface area contributed by atoms with Crippen molar-refractivity contribution in [3.63, 3.8) is 0 Å². The van der Waals surface area contributed by atoms with Crippen LogP contribution in [0.3, 0.4) is 0 Å². The monoisotopic (exact) mass is 513 g/mol. The van der Waals surface area contributed by atoms with E-state index in [1.807, 2.05) is 0 Å². The number of aliphatic hydroxyl groups is 1. The second-order valence-corrected chi connectivity index (χ2v) is 9.74. The van der Waals surface area contributed by atoms with Gasteiger partial charge in [0, 0.05) is 6.20 Å². The molecule has 0 bridgehead atoms. The summed E-state index contributed by atoms with van der Waals surface area (Å²) in [4.78, 5) is 19.6. The predicted molar refractivity (Wildman–Crippen MR) is 118 cm³/mol. The minimum absolute atomic E-state index is 0.173. The minimum atomic E-state index is -4.39. The summed E-state index contributed by atoms with van der Waals surface area (Å²) in [5.74, 6) is 1.92. The van der Waals surface area contributed by atoms with Crippen LogP contribution in [0.15, 0.2) is 18.6 Å². The predicted octanol–water partition coefficient (Wildman–Crippen LogP) is 1.00. The molecule has 35 heavy (non-hydrogen) atoms. The first-order valence-corrected chi connectivity index (χ1v) is 12.0. The molecule has 0 aliphatic carbocycles. The highest BCUT2D eigenvalue weighted by molar-refractivity contribution is 7.48. The second-order valence-electron chi connectivity index (χ2n) is 8.12. The summed E-state index contributed by atoms with van der Waals surface area (Å²) in [5, 5.41) is 14.5. The number of fused-ring (bicyclic) bond motifs is 2. The summed E-state index contributed by atoms with van der Waals surface area (Å²) < 4.78 is 56.2. The number of aromatic nitrogens is 3. The Morgan fingerprint density at radius 3 is 3.00 bits per heavy atom. The molecule has 0 radical (unpaired) electrons. The Morgan fingerprint density at radius 1 is 1.51 bits per heavy atom. The Bertz CT molecular complexity index is 1230. The fraction of sp³-hybridized carbons (Fsp3) is 0.550. The van der Waals surface area contributed by atoms with Crippen LogP contribution in [-0.4, -0.2) is 69.2 Å². The van der Waals surface area contributed by atoms with Crippen molar-refractivity contribution in [3.05, 3.63) is 18.6 Å². The van der Waals surface area contributed by atoms with E-state index in [9.17, 15) is 14.5 Å². The van der Waals surface area contributed by atoms with E-state index in [4.69, 9.17) is 28.8 Å². The fourth-order valence-corrected chi connectivity index (χ4v) is 5.17. The summed E-state index contributed by atoms with van der Waals surface area (Å²) in [6.07, 6.45) is -0.984. The first-order chi connectivity index (χ1) is 16.5. The van der Waals surface area contributed by atoms with E-state index in [2.05, 4.69) is 27.1 Å². The lowest BCUT2D eigenvalue weighted by molar-refractivity contribution is -0.220. The summed E-state index contributed by atoms with van der Waals surface area (Å²) in [6, 6.07) is 1.57. The number of esters is 1. The third kappa shape index (κ3) is 4.76. The van der Waals surface area contributed by atoms with E-state index in [0.717, 1.165) is 0 Å². The molecular formula is C20H25FN5O8P. The zero-order chi connectivity index (χ0) is 25.4. The zero-order valence-electron chi connectivity index (χ0n) is 19.1. The van der Waals surface area contributed by atoms with Crippen molar-refractivity contribution in [1.82, 2.24) is 19.9 Å². The topological polar surface area (TPSA) is 169 Å². The first-order valence-electron chi connectivity index (χ1n) is 10.6. The van der Waals surface area contributed by atoms with Crippen molar-refractivity contribution < 1.29 is 41.9 Å². The van der Waals surface area contributed by atoms with Crippen LogP contribution in [0.1, 0.15) is 27.0 Å². The Morgan fingerprint density at radius 2 is 2.29 bits per heavy atom. The van der Waals surface area contributed by atoms with Gasteiger partial charge in [0.2, 0.25) is 5.60 Å². The molecular weight excluding hydrogens is 488 g/mol. The van der Waals surface area contributed by atoms with Gasteiger partial charge in [0.05, 0.1) is 18.0 Å². The summed E-state index contributed by atoms with van der Waals surface area (Å²) >= 11 is 0. The molecule has 0 aromatic carbocycles. The third-order valence-electron chi connectivity index (χ3n) is 5.21. The van der Waals surface area contributed by atoms with E-state index in [-0.39, 0.29) is 24.1 Å². The molecule has 4 heterocycles. The highest BCUT2D eigenvalue weighted by Crippen LogP contribution is 2.62. The third-order valence-corrected chi connectivity index (χ3v) is 6.57. The van der Waals surface area contributed by atoms with Gasteiger partial charge < -0.3 is 24.9 Å². The van der Waals surface area contributed by atoms with Crippen molar-refractivity contribution >= 4 is 30.6 Å². The number of nitrogens with one attached hydrogen (secondary N) is 1. The Labute approximate surface area is 199 Å². The normalized spacial score (nSPS) is 32.3. The number of hydrogen-bond donors (Lipinski definition) is 3. The van der Waals surface area contributed by atoms with E-state index in [1.165, 1.54) is 24.0 Å². The van der Waals surface area contributed by atoms with Crippen molar-refractivity contribution in [2.45, 2.75) is 50.7 Å². The number of hydrogen-bond acceptors (Lipinski definition) is 12. The molecule has 2 saturated heterocycles. The number of carbonyl (C=O) groups excluding carboxylic acids is 1.